The number of benzene rings is 2. The van der Waals surface area contributed by atoms with Gasteiger partial charge in [0.15, 0.2) is 0 Å². The van der Waals surface area contributed by atoms with Crippen LogP contribution in [-0.2, 0) is 19.6 Å². The molecule has 1 fully saturated rings. The quantitative estimate of drug-likeness (QED) is 0.755. The van der Waals surface area contributed by atoms with Crippen molar-refractivity contribution in [3.05, 3.63) is 53.6 Å². The Hall–Kier alpha value is -2.42. The molecule has 8 heteroatoms. The molecule has 1 saturated heterocycles. The summed E-state index contributed by atoms with van der Waals surface area (Å²) in [7, 11) is -3.61. The van der Waals surface area contributed by atoms with Crippen molar-refractivity contribution < 1.29 is 17.9 Å². The number of amides is 1. The van der Waals surface area contributed by atoms with E-state index in [2.05, 4.69) is 10.6 Å². The first kappa shape index (κ1) is 21.3. The van der Waals surface area contributed by atoms with E-state index in [-0.39, 0.29) is 10.8 Å². The molecule has 0 bridgehead atoms. The topological polar surface area (TPSA) is 87.7 Å². The highest BCUT2D eigenvalue weighted by atomic mass is 32.2. The Kier molecular flexibility index (Phi) is 6.56. The average Bonchev–Trinajstić information content (AvgIpc) is 2.72. The number of sulfonamides is 1. The van der Waals surface area contributed by atoms with E-state index >= 15 is 0 Å². The highest BCUT2D eigenvalue weighted by Crippen LogP contribution is 2.22. The third kappa shape index (κ3) is 4.95. The minimum absolute atomic E-state index is 0.160. The molecule has 1 amide bonds. The van der Waals surface area contributed by atoms with E-state index in [4.69, 9.17) is 4.74 Å². The molecule has 1 aliphatic rings. The summed E-state index contributed by atoms with van der Waals surface area (Å²) in [5, 5.41) is 6.02. The highest BCUT2D eigenvalue weighted by Gasteiger charge is 2.26. The van der Waals surface area contributed by atoms with Gasteiger partial charge >= 0.3 is 0 Å². The van der Waals surface area contributed by atoms with E-state index in [9.17, 15) is 13.2 Å². The zero-order valence-corrected chi connectivity index (χ0v) is 17.8. The van der Waals surface area contributed by atoms with Crippen LogP contribution in [0.2, 0.25) is 0 Å². The van der Waals surface area contributed by atoms with Crippen LogP contribution in [0.3, 0.4) is 0 Å². The van der Waals surface area contributed by atoms with Gasteiger partial charge in [-0.25, -0.2) is 8.42 Å². The van der Waals surface area contributed by atoms with Crippen molar-refractivity contribution in [2.45, 2.75) is 31.7 Å². The molecule has 1 aliphatic heterocycles. The molecule has 0 spiro atoms. The van der Waals surface area contributed by atoms with Crippen LogP contribution in [0.5, 0.6) is 0 Å². The predicted molar refractivity (Wildman–Crippen MR) is 114 cm³/mol. The number of hydrogen-bond acceptors (Lipinski definition) is 5. The molecule has 1 unspecified atom stereocenters. The van der Waals surface area contributed by atoms with Gasteiger partial charge in [-0.3, -0.25) is 4.79 Å². The third-order valence-electron chi connectivity index (χ3n) is 5.08. The second kappa shape index (κ2) is 8.94. The monoisotopic (exact) mass is 417 g/mol. The minimum atomic E-state index is -3.61. The van der Waals surface area contributed by atoms with Crippen molar-refractivity contribution in [2.24, 2.45) is 0 Å². The number of nitrogens with one attached hydrogen (secondary N) is 2. The van der Waals surface area contributed by atoms with Gasteiger partial charge < -0.3 is 15.4 Å². The number of aryl methyl sites for hydroxylation is 1. The Labute approximate surface area is 172 Å². The number of anilines is 2. The normalized spacial score (nSPS) is 16.2. The summed E-state index contributed by atoms with van der Waals surface area (Å²) in [6.07, 6.45) is 0. The molecule has 7 nitrogen and oxygen atoms in total. The maximum Gasteiger partial charge on any atom is 0.246 e. The average molecular weight is 418 g/mol. The molecule has 1 atom stereocenters. The Morgan fingerprint density at radius 1 is 1.10 bits per heavy atom. The molecule has 1 heterocycles. The van der Waals surface area contributed by atoms with E-state index < -0.39 is 16.1 Å². The van der Waals surface area contributed by atoms with Crippen molar-refractivity contribution in [2.75, 3.05) is 36.9 Å². The molecule has 3 rings (SSSR count). The van der Waals surface area contributed by atoms with Crippen LogP contribution in [-0.4, -0.2) is 51.0 Å². The summed E-state index contributed by atoms with van der Waals surface area (Å²) in [5.74, 6) is -0.244. The van der Waals surface area contributed by atoms with Crippen molar-refractivity contribution in [1.82, 2.24) is 4.31 Å². The third-order valence-corrected chi connectivity index (χ3v) is 6.97. The van der Waals surface area contributed by atoms with E-state index in [1.165, 1.54) is 16.4 Å². The first-order chi connectivity index (χ1) is 13.8. The number of nitrogens with zero attached hydrogens (tertiary/aromatic N) is 1. The molecule has 2 N–H and O–H groups in total. The van der Waals surface area contributed by atoms with Crippen LogP contribution in [0.25, 0.3) is 0 Å². The summed E-state index contributed by atoms with van der Waals surface area (Å²) in [6, 6.07) is 11.7. The Morgan fingerprint density at radius 3 is 2.52 bits per heavy atom. The van der Waals surface area contributed by atoms with Crippen molar-refractivity contribution >= 4 is 27.3 Å². The minimum Gasteiger partial charge on any atom is -0.379 e. The SMILES string of the molecule is Cc1cccc(NC(C)C(=O)Nc2cccc(S(=O)(=O)N3CCOCC3)c2)c1C. The fourth-order valence-corrected chi connectivity index (χ4v) is 4.58. The van der Waals surface area contributed by atoms with E-state index in [1.54, 1.807) is 19.1 Å². The molecule has 0 radical (unpaired) electrons. The number of hydrogen-bond donors (Lipinski definition) is 2. The second-order valence-electron chi connectivity index (χ2n) is 7.15. The predicted octanol–water partition coefficient (Wildman–Crippen LogP) is 2.76. The lowest BCUT2D eigenvalue weighted by molar-refractivity contribution is -0.116. The number of carbonyl (C=O) groups excluding carboxylic acids is 1. The summed E-state index contributed by atoms with van der Waals surface area (Å²) in [6.45, 7) is 7.22. The van der Waals surface area contributed by atoms with Crippen molar-refractivity contribution in [1.29, 1.82) is 0 Å². The molecule has 2 aromatic rings. The highest BCUT2D eigenvalue weighted by molar-refractivity contribution is 7.89. The number of morpholine rings is 1. The first-order valence-electron chi connectivity index (χ1n) is 9.60. The largest absolute Gasteiger partial charge is 0.379 e. The molecule has 29 heavy (non-hydrogen) atoms. The zero-order valence-electron chi connectivity index (χ0n) is 16.9. The number of rotatable bonds is 6. The van der Waals surface area contributed by atoms with Gasteiger partial charge in [-0.05, 0) is 56.2 Å². The van der Waals surface area contributed by atoms with E-state index in [0.29, 0.717) is 32.0 Å². The Bertz CT molecular complexity index is 985. The molecule has 0 saturated carbocycles. The van der Waals surface area contributed by atoms with Gasteiger partial charge in [0.2, 0.25) is 15.9 Å². The molecule has 0 aromatic heterocycles. The van der Waals surface area contributed by atoms with Gasteiger partial charge in [0.05, 0.1) is 18.1 Å². The smallest absolute Gasteiger partial charge is 0.246 e. The van der Waals surface area contributed by atoms with Crippen molar-refractivity contribution in [3.63, 3.8) is 0 Å². The molecule has 0 aliphatic carbocycles. The van der Waals surface area contributed by atoms with Crippen LogP contribution < -0.4 is 10.6 Å². The molecule has 156 valence electrons. The first-order valence-corrected chi connectivity index (χ1v) is 11.0. The van der Waals surface area contributed by atoms with Crippen LogP contribution in [0.15, 0.2) is 47.4 Å². The summed E-state index contributed by atoms with van der Waals surface area (Å²) < 4.78 is 32.3. The van der Waals surface area contributed by atoms with Crippen LogP contribution in [0, 0.1) is 13.8 Å². The molecule has 2 aromatic carbocycles. The van der Waals surface area contributed by atoms with Crippen LogP contribution in [0.1, 0.15) is 18.1 Å². The van der Waals surface area contributed by atoms with Crippen molar-refractivity contribution in [3.8, 4) is 0 Å². The number of carbonyl (C=O) groups is 1. The summed E-state index contributed by atoms with van der Waals surface area (Å²) >= 11 is 0. The maximum atomic E-state index is 12.8. The lowest BCUT2D eigenvalue weighted by Crippen LogP contribution is -2.40. The van der Waals surface area contributed by atoms with E-state index in [1.807, 2.05) is 32.0 Å². The zero-order chi connectivity index (χ0) is 21.0. The van der Waals surface area contributed by atoms with Gasteiger partial charge in [-0.15, -0.1) is 0 Å². The maximum absolute atomic E-state index is 12.8. The van der Waals surface area contributed by atoms with Gasteiger partial charge in [-0.2, -0.15) is 4.31 Å². The van der Waals surface area contributed by atoms with Gasteiger partial charge in [0.25, 0.3) is 0 Å². The second-order valence-corrected chi connectivity index (χ2v) is 9.08. The van der Waals surface area contributed by atoms with Gasteiger partial charge in [0, 0.05) is 24.5 Å². The summed E-state index contributed by atoms with van der Waals surface area (Å²) in [5.41, 5.74) is 3.57. The standard InChI is InChI=1S/C21H27N3O4S/c1-15-6-4-9-20(16(15)2)22-17(3)21(25)23-18-7-5-8-19(14-18)29(26,27)24-10-12-28-13-11-24/h4-9,14,17,22H,10-13H2,1-3H3,(H,23,25). The van der Waals surface area contributed by atoms with Gasteiger partial charge in [-0.1, -0.05) is 18.2 Å². The fourth-order valence-electron chi connectivity index (χ4n) is 3.13. The van der Waals surface area contributed by atoms with Crippen LogP contribution in [0.4, 0.5) is 11.4 Å². The Balaban J connectivity index is 1.70. The van der Waals surface area contributed by atoms with E-state index in [0.717, 1.165) is 16.8 Å². The molecular formula is C21H27N3O4S. The lowest BCUT2D eigenvalue weighted by Gasteiger charge is -2.26. The lowest BCUT2D eigenvalue weighted by atomic mass is 10.1. The molecular weight excluding hydrogens is 390 g/mol. The Morgan fingerprint density at radius 2 is 1.79 bits per heavy atom. The number of ether oxygens (including phenoxy) is 1. The summed E-state index contributed by atoms with van der Waals surface area (Å²) in [4.78, 5) is 12.8. The fraction of sp³-hybridized carbons (Fsp3) is 0.381. The van der Waals surface area contributed by atoms with Crippen LogP contribution >= 0.6 is 0 Å². The van der Waals surface area contributed by atoms with Gasteiger partial charge in [0.1, 0.15) is 6.04 Å².